The van der Waals surface area contributed by atoms with E-state index in [4.69, 9.17) is 4.74 Å². The van der Waals surface area contributed by atoms with Gasteiger partial charge in [0.2, 0.25) is 0 Å². The van der Waals surface area contributed by atoms with Gasteiger partial charge in [0.15, 0.2) is 5.82 Å². The molecule has 6 heteroatoms. The van der Waals surface area contributed by atoms with Crippen molar-refractivity contribution < 1.29 is 4.74 Å². The summed E-state index contributed by atoms with van der Waals surface area (Å²) in [7, 11) is 3.71. The van der Waals surface area contributed by atoms with E-state index in [2.05, 4.69) is 38.2 Å². The van der Waals surface area contributed by atoms with Crippen LogP contribution < -0.4 is 4.74 Å². The van der Waals surface area contributed by atoms with Crippen LogP contribution in [0.2, 0.25) is 0 Å². The molecule has 0 aliphatic heterocycles. The van der Waals surface area contributed by atoms with Crippen LogP contribution >= 0.6 is 0 Å². The van der Waals surface area contributed by atoms with Crippen LogP contribution in [-0.2, 0) is 13.1 Å². The standard InChI is InChI=1S/C18H21N5O/c1-13-8-16(22-21-13)12-23(2)11-14-9-19-18(20-10-14)15-4-6-17(24-3)7-5-15/h4-10H,11-12H2,1-3H3,(H,21,22). The molecule has 0 radical (unpaired) electrons. The van der Waals surface area contributed by atoms with E-state index in [1.807, 2.05) is 43.6 Å². The molecular formula is C18H21N5O. The summed E-state index contributed by atoms with van der Waals surface area (Å²) in [5.74, 6) is 1.54. The van der Waals surface area contributed by atoms with Crippen molar-refractivity contribution in [1.82, 2.24) is 25.1 Å². The zero-order valence-corrected chi connectivity index (χ0v) is 14.2. The molecule has 2 aromatic heterocycles. The Labute approximate surface area is 141 Å². The van der Waals surface area contributed by atoms with E-state index in [0.29, 0.717) is 5.82 Å². The van der Waals surface area contributed by atoms with Crippen molar-refractivity contribution >= 4 is 0 Å². The van der Waals surface area contributed by atoms with Crippen molar-refractivity contribution in [3.8, 4) is 17.1 Å². The largest absolute Gasteiger partial charge is 0.497 e. The second kappa shape index (κ2) is 7.23. The quantitative estimate of drug-likeness (QED) is 0.755. The van der Waals surface area contributed by atoms with Crippen LogP contribution in [0.25, 0.3) is 11.4 Å². The second-order valence-electron chi connectivity index (χ2n) is 5.86. The number of methoxy groups -OCH3 is 1. The molecule has 0 aliphatic carbocycles. The summed E-state index contributed by atoms with van der Waals surface area (Å²) in [6.07, 6.45) is 3.75. The van der Waals surface area contributed by atoms with Crippen LogP contribution in [0.1, 0.15) is 17.0 Å². The summed E-state index contributed by atoms with van der Waals surface area (Å²) in [5, 5.41) is 7.22. The summed E-state index contributed by atoms with van der Waals surface area (Å²) in [6.45, 7) is 3.56. The molecule has 3 aromatic rings. The number of H-pyrrole nitrogens is 1. The number of benzene rings is 1. The van der Waals surface area contributed by atoms with E-state index in [1.54, 1.807) is 7.11 Å². The maximum Gasteiger partial charge on any atom is 0.159 e. The van der Waals surface area contributed by atoms with Crippen LogP contribution in [0, 0.1) is 6.92 Å². The van der Waals surface area contributed by atoms with Crippen LogP contribution in [-0.4, -0.2) is 39.2 Å². The highest BCUT2D eigenvalue weighted by molar-refractivity contribution is 5.55. The molecule has 0 aliphatic rings. The number of aromatic nitrogens is 4. The fourth-order valence-corrected chi connectivity index (χ4v) is 2.53. The summed E-state index contributed by atoms with van der Waals surface area (Å²) in [5.41, 5.74) is 4.15. The number of rotatable bonds is 6. The van der Waals surface area contributed by atoms with Crippen molar-refractivity contribution in [3.63, 3.8) is 0 Å². The van der Waals surface area contributed by atoms with Gasteiger partial charge in [0.05, 0.1) is 12.8 Å². The minimum Gasteiger partial charge on any atom is -0.497 e. The Morgan fingerprint density at radius 3 is 2.38 bits per heavy atom. The summed E-state index contributed by atoms with van der Waals surface area (Å²) in [4.78, 5) is 11.1. The van der Waals surface area contributed by atoms with E-state index in [0.717, 1.165) is 41.4 Å². The van der Waals surface area contributed by atoms with Crippen molar-refractivity contribution in [2.24, 2.45) is 0 Å². The lowest BCUT2D eigenvalue weighted by molar-refractivity contribution is 0.314. The molecule has 2 heterocycles. The average molecular weight is 323 g/mol. The first-order chi connectivity index (χ1) is 11.6. The molecule has 0 spiro atoms. The SMILES string of the molecule is COc1ccc(-c2ncc(CN(C)Cc3cc(C)[nH]n3)cn2)cc1. The van der Waals surface area contributed by atoms with Gasteiger partial charge in [0.25, 0.3) is 0 Å². The number of aryl methyl sites for hydroxylation is 1. The molecule has 0 fully saturated rings. The first-order valence-corrected chi connectivity index (χ1v) is 7.79. The van der Waals surface area contributed by atoms with E-state index in [-0.39, 0.29) is 0 Å². The van der Waals surface area contributed by atoms with Gasteiger partial charge in [-0.3, -0.25) is 10.00 Å². The van der Waals surface area contributed by atoms with Gasteiger partial charge >= 0.3 is 0 Å². The Kier molecular flexibility index (Phi) is 4.86. The van der Waals surface area contributed by atoms with Crippen LogP contribution in [0.4, 0.5) is 0 Å². The lowest BCUT2D eigenvalue weighted by Gasteiger charge is -2.14. The van der Waals surface area contributed by atoms with Crippen molar-refractivity contribution in [2.75, 3.05) is 14.2 Å². The molecule has 0 saturated heterocycles. The Bertz CT molecular complexity index is 780. The second-order valence-corrected chi connectivity index (χ2v) is 5.86. The zero-order chi connectivity index (χ0) is 16.9. The number of hydrogen-bond acceptors (Lipinski definition) is 5. The normalized spacial score (nSPS) is 11.0. The van der Waals surface area contributed by atoms with Gasteiger partial charge in [-0.25, -0.2) is 9.97 Å². The molecule has 6 nitrogen and oxygen atoms in total. The Balaban J connectivity index is 1.63. The predicted octanol–water partition coefficient (Wildman–Crippen LogP) is 2.82. The lowest BCUT2D eigenvalue weighted by atomic mass is 10.2. The Hall–Kier alpha value is -2.73. The molecule has 1 N–H and O–H groups in total. The van der Waals surface area contributed by atoms with Gasteiger partial charge < -0.3 is 4.74 Å². The number of nitrogens with zero attached hydrogens (tertiary/aromatic N) is 4. The highest BCUT2D eigenvalue weighted by Crippen LogP contribution is 2.19. The number of hydrogen-bond donors (Lipinski definition) is 1. The zero-order valence-electron chi connectivity index (χ0n) is 14.2. The van der Waals surface area contributed by atoms with E-state index >= 15 is 0 Å². The highest BCUT2D eigenvalue weighted by Gasteiger charge is 2.06. The number of nitrogens with one attached hydrogen (secondary N) is 1. The smallest absolute Gasteiger partial charge is 0.159 e. The van der Waals surface area contributed by atoms with Gasteiger partial charge in [0, 0.05) is 42.3 Å². The van der Waals surface area contributed by atoms with E-state index in [1.165, 1.54) is 0 Å². The molecule has 0 bridgehead atoms. The minimum atomic E-state index is 0.715. The van der Waals surface area contributed by atoms with Crippen molar-refractivity contribution in [1.29, 1.82) is 0 Å². The number of ether oxygens (including phenoxy) is 1. The van der Waals surface area contributed by atoms with E-state index in [9.17, 15) is 0 Å². The first-order valence-electron chi connectivity index (χ1n) is 7.79. The van der Waals surface area contributed by atoms with E-state index < -0.39 is 0 Å². The first kappa shape index (κ1) is 16.1. The van der Waals surface area contributed by atoms with Gasteiger partial charge in [-0.05, 0) is 44.3 Å². The monoisotopic (exact) mass is 323 g/mol. The summed E-state index contributed by atoms with van der Waals surface area (Å²) < 4.78 is 5.16. The fraction of sp³-hybridized carbons (Fsp3) is 0.278. The molecular weight excluding hydrogens is 302 g/mol. The topological polar surface area (TPSA) is 66.9 Å². The van der Waals surface area contributed by atoms with Gasteiger partial charge in [0.1, 0.15) is 5.75 Å². The third kappa shape index (κ3) is 3.97. The molecule has 1 aromatic carbocycles. The highest BCUT2D eigenvalue weighted by atomic mass is 16.5. The molecule has 24 heavy (non-hydrogen) atoms. The molecule has 0 amide bonds. The summed E-state index contributed by atoms with van der Waals surface area (Å²) in [6, 6.07) is 9.79. The lowest BCUT2D eigenvalue weighted by Crippen LogP contribution is -2.17. The Morgan fingerprint density at radius 2 is 1.79 bits per heavy atom. The summed E-state index contributed by atoms with van der Waals surface area (Å²) >= 11 is 0. The molecule has 124 valence electrons. The average Bonchev–Trinajstić information content (AvgIpc) is 3.00. The maximum absolute atomic E-state index is 5.16. The van der Waals surface area contributed by atoms with Crippen molar-refractivity contribution in [2.45, 2.75) is 20.0 Å². The van der Waals surface area contributed by atoms with Crippen LogP contribution in [0.5, 0.6) is 5.75 Å². The number of aromatic amines is 1. The van der Waals surface area contributed by atoms with Gasteiger partial charge in [-0.2, -0.15) is 5.10 Å². The molecule has 0 saturated carbocycles. The third-order valence-corrected chi connectivity index (χ3v) is 3.70. The molecule has 0 unspecified atom stereocenters. The van der Waals surface area contributed by atoms with Gasteiger partial charge in [-0.15, -0.1) is 0 Å². The van der Waals surface area contributed by atoms with Crippen LogP contribution in [0.15, 0.2) is 42.7 Å². The maximum atomic E-state index is 5.16. The third-order valence-electron chi connectivity index (χ3n) is 3.70. The van der Waals surface area contributed by atoms with Crippen molar-refractivity contribution in [3.05, 3.63) is 59.7 Å². The Morgan fingerprint density at radius 1 is 1.08 bits per heavy atom. The fourth-order valence-electron chi connectivity index (χ4n) is 2.53. The minimum absolute atomic E-state index is 0.715. The molecule has 3 rings (SSSR count). The molecule has 0 atom stereocenters. The van der Waals surface area contributed by atoms with Gasteiger partial charge in [-0.1, -0.05) is 0 Å². The predicted molar refractivity (Wildman–Crippen MR) is 92.5 cm³/mol. The van der Waals surface area contributed by atoms with Crippen LogP contribution in [0.3, 0.4) is 0 Å².